The first kappa shape index (κ1) is 18.3. The van der Waals surface area contributed by atoms with E-state index in [9.17, 15) is 9.18 Å². The Morgan fingerprint density at radius 1 is 1.15 bits per heavy atom. The summed E-state index contributed by atoms with van der Waals surface area (Å²) in [5, 5.41) is 0. The van der Waals surface area contributed by atoms with E-state index in [4.69, 9.17) is 0 Å². The molecule has 0 bridgehead atoms. The monoisotopic (exact) mass is 356 g/mol. The molecule has 1 saturated heterocycles. The largest absolute Gasteiger partial charge is 0.353 e. The second-order valence-electron chi connectivity index (χ2n) is 7.17. The Balaban J connectivity index is 1.74. The number of halogens is 1. The lowest BCUT2D eigenvalue weighted by Crippen LogP contribution is -2.49. The molecule has 0 saturated carbocycles. The molecule has 2 heterocycles. The van der Waals surface area contributed by atoms with E-state index in [0.717, 1.165) is 24.6 Å². The van der Waals surface area contributed by atoms with Gasteiger partial charge in [0.05, 0.1) is 0 Å². The Kier molecular flexibility index (Phi) is 5.49. The Morgan fingerprint density at radius 2 is 1.88 bits per heavy atom. The Labute approximate surface area is 153 Å². The van der Waals surface area contributed by atoms with Gasteiger partial charge in [0.1, 0.15) is 11.6 Å². The molecule has 5 nitrogen and oxygen atoms in total. The third-order valence-electron chi connectivity index (χ3n) is 4.46. The minimum absolute atomic E-state index is 0.221. The van der Waals surface area contributed by atoms with Crippen molar-refractivity contribution >= 4 is 11.7 Å². The molecule has 1 fully saturated rings. The van der Waals surface area contributed by atoms with Crippen LogP contribution in [0.15, 0.2) is 30.3 Å². The van der Waals surface area contributed by atoms with E-state index in [1.807, 2.05) is 24.0 Å². The van der Waals surface area contributed by atoms with Crippen molar-refractivity contribution in [3.8, 4) is 11.4 Å². The standard InChI is InChI=1S/C20H25FN4O/c1-14(2)11-19(26)25-9-7-24(8-10-25)18-12-15(3)22-20(23-18)16-5-4-6-17(21)13-16/h4-6,12-14H,7-11H2,1-3H3. The van der Waals surface area contributed by atoms with Gasteiger partial charge in [0.25, 0.3) is 0 Å². The van der Waals surface area contributed by atoms with E-state index < -0.39 is 0 Å². The highest BCUT2D eigenvalue weighted by Crippen LogP contribution is 2.22. The van der Waals surface area contributed by atoms with Gasteiger partial charge in [-0.15, -0.1) is 0 Å². The zero-order valence-corrected chi connectivity index (χ0v) is 15.6. The van der Waals surface area contributed by atoms with Gasteiger partial charge in [0.2, 0.25) is 5.91 Å². The molecule has 138 valence electrons. The molecule has 0 spiro atoms. The van der Waals surface area contributed by atoms with Crippen LogP contribution in [0, 0.1) is 18.7 Å². The van der Waals surface area contributed by atoms with Gasteiger partial charge in [0.15, 0.2) is 5.82 Å². The van der Waals surface area contributed by atoms with Crippen molar-refractivity contribution in [2.45, 2.75) is 27.2 Å². The van der Waals surface area contributed by atoms with Crippen molar-refractivity contribution in [2.75, 3.05) is 31.1 Å². The Morgan fingerprint density at radius 3 is 2.54 bits per heavy atom. The van der Waals surface area contributed by atoms with Crippen LogP contribution < -0.4 is 4.90 Å². The normalized spacial score (nSPS) is 14.8. The molecule has 1 amide bonds. The minimum Gasteiger partial charge on any atom is -0.353 e. The second kappa shape index (κ2) is 7.81. The van der Waals surface area contributed by atoms with Crippen molar-refractivity contribution in [3.05, 3.63) is 41.8 Å². The van der Waals surface area contributed by atoms with Crippen LogP contribution in [0.5, 0.6) is 0 Å². The Bertz CT molecular complexity index is 785. The van der Waals surface area contributed by atoms with E-state index in [-0.39, 0.29) is 11.7 Å². The molecule has 0 aliphatic carbocycles. The number of carbonyl (C=O) groups is 1. The fourth-order valence-corrected chi connectivity index (χ4v) is 3.13. The molecule has 26 heavy (non-hydrogen) atoms. The molecule has 0 N–H and O–H groups in total. The van der Waals surface area contributed by atoms with Crippen LogP contribution >= 0.6 is 0 Å². The van der Waals surface area contributed by atoms with Crippen LogP contribution in [0.3, 0.4) is 0 Å². The van der Waals surface area contributed by atoms with Gasteiger partial charge in [-0.2, -0.15) is 0 Å². The van der Waals surface area contributed by atoms with Crippen molar-refractivity contribution in [2.24, 2.45) is 5.92 Å². The fourth-order valence-electron chi connectivity index (χ4n) is 3.13. The lowest BCUT2D eigenvalue weighted by molar-refractivity contribution is -0.132. The first-order chi connectivity index (χ1) is 12.4. The van der Waals surface area contributed by atoms with Gasteiger partial charge in [-0.3, -0.25) is 4.79 Å². The zero-order chi connectivity index (χ0) is 18.7. The molecule has 2 aromatic rings. The predicted molar refractivity (Wildman–Crippen MR) is 100 cm³/mol. The quantitative estimate of drug-likeness (QED) is 0.843. The molecule has 1 aliphatic rings. The van der Waals surface area contributed by atoms with E-state index in [1.165, 1.54) is 12.1 Å². The van der Waals surface area contributed by atoms with E-state index in [0.29, 0.717) is 36.8 Å². The van der Waals surface area contributed by atoms with Crippen molar-refractivity contribution in [3.63, 3.8) is 0 Å². The summed E-state index contributed by atoms with van der Waals surface area (Å²) in [6, 6.07) is 8.27. The first-order valence-electron chi connectivity index (χ1n) is 9.06. The lowest BCUT2D eigenvalue weighted by atomic mass is 10.1. The average molecular weight is 356 g/mol. The SMILES string of the molecule is Cc1cc(N2CCN(C(=O)CC(C)C)CC2)nc(-c2cccc(F)c2)n1. The maximum atomic E-state index is 13.5. The topological polar surface area (TPSA) is 49.3 Å². The number of carbonyl (C=O) groups excluding carboxylic acids is 1. The smallest absolute Gasteiger partial charge is 0.222 e. The van der Waals surface area contributed by atoms with Crippen LogP contribution in [-0.4, -0.2) is 47.0 Å². The predicted octanol–water partition coefficient (Wildman–Crippen LogP) is 3.29. The highest BCUT2D eigenvalue weighted by atomic mass is 19.1. The number of piperazine rings is 1. The fraction of sp³-hybridized carbons (Fsp3) is 0.450. The molecule has 1 aromatic heterocycles. The van der Waals surface area contributed by atoms with E-state index in [2.05, 4.69) is 28.7 Å². The van der Waals surface area contributed by atoms with E-state index in [1.54, 1.807) is 6.07 Å². The Hall–Kier alpha value is -2.50. The van der Waals surface area contributed by atoms with Crippen molar-refractivity contribution in [1.29, 1.82) is 0 Å². The summed E-state index contributed by atoms with van der Waals surface area (Å²) < 4.78 is 13.5. The number of hydrogen-bond acceptors (Lipinski definition) is 4. The number of amides is 1. The summed E-state index contributed by atoms with van der Waals surface area (Å²) in [6.45, 7) is 8.91. The molecule has 6 heteroatoms. The maximum absolute atomic E-state index is 13.5. The summed E-state index contributed by atoms with van der Waals surface area (Å²) in [5.74, 6) is 1.65. The molecule has 0 atom stereocenters. The number of nitrogens with zero attached hydrogens (tertiary/aromatic N) is 4. The third-order valence-corrected chi connectivity index (χ3v) is 4.46. The second-order valence-corrected chi connectivity index (χ2v) is 7.17. The van der Waals surface area contributed by atoms with Crippen LogP contribution in [0.2, 0.25) is 0 Å². The summed E-state index contributed by atoms with van der Waals surface area (Å²) in [5.41, 5.74) is 1.51. The van der Waals surface area contributed by atoms with Crippen molar-refractivity contribution < 1.29 is 9.18 Å². The summed E-state index contributed by atoms with van der Waals surface area (Å²) in [6.07, 6.45) is 0.594. The van der Waals surface area contributed by atoms with Gasteiger partial charge in [-0.25, -0.2) is 14.4 Å². The molecule has 1 aliphatic heterocycles. The lowest BCUT2D eigenvalue weighted by Gasteiger charge is -2.36. The summed E-state index contributed by atoms with van der Waals surface area (Å²) in [4.78, 5) is 25.4. The molecular formula is C20H25FN4O. The van der Waals surface area contributed by atoms with Gasteiger partial charge in [-0.1, -0.05) is 26.0 Å². The molecular weight excluding hydrogens is 331 g/mol. The number of rotatable bonds is 4. The summed E-state index contributed by atoms with van der Waals surface area (Å²) in [7, 11) is 0. The van der Waals surface area contributed by atoms with E-state index >= 15 is 0 Å². The van der Waals surface area contributed by atoms with Crippen LogP contribution in [0.25, 0.3) is 11.4 Å². The maximum Gasteiger partial charge on any atom is 0.222 e. The average Bonchev–Trinajstić information content (AvgIpc) is 2.61. The molecule has 1 aromatic carbocycles. The van der Waals surface area contributed by atoms with Gasteiger partial charge in [-0.05, 0) is 25.0 Å². The minimum atomic E-state index is -0.300. The van der Waals surface area contributed by atoms with Crippen LogP contribution in [0.1, 0.15) is 26.0 Å². The van der Waals surface area contributed by atoms with Crippen molar-refractivity contribution in [1.82, 2.24) is 14.9 Å². The zero-order valence-electron chi connectivity index (χ0n) is 15.6. The molecule has 0 radical (unpaired) electrons. The molecule has 0 unspecified atom stereocenters. The number of aryl methyl sites for hydroxylation is 1. The molecule has 3 rings (SSSR count). The number of benzene rings is 1. The third kappa shape index (κ3) is 4.36. The van der Waals surface area contributed by atoms with Gasteiger partial charge < -0.3 is 9.80 Å². The number of hydrogen-bond donors (Lipinski definition) is 0. The van der Waals surface area contributed by atoms with Gasteiger partial charge in [0, 0.05) is 49.9 Å². The highest BCUT2D eigenvalue weighted by molar-refractivity contribution is 5.76. The first-order valence-corrected chi connectivity index (χ1v) is 9.06. The van der Waals surface area contributed by atoms with Crippen LogP contribution in [-0.2, 0) is 4.79 Å². The number of aromatic nitrogens is 2. The summed E-state index contributed by atoms with van der Waals surface area (Å²) >= 11 is 0. The number of anilines is 1. The highest BCUT2D eigenvalue weighted by Gasteiger charge is 2.23. The van der Waals surface area contributed by atoms with Crippen LogP contribution in [0.4, 0.5) is 10.2 Å². The van der Waals surface area contributed by atoms with Gasteiger partial charge >= 0.3 is 0 Å².